The summed E-state index contributed by atoms with van der Waals surface area (Å²) in [6.45, 7) is 0. The first-order chi connectivity index (χ1) is 8.97. The molecular formula is C13H11F2N3O. The molecule has 6 heteroatoms. The fourth-order valence-electron chi connectivity index (χ4n) is 1.52. The first kappa shape index (κ1) is 12.8. The minimum absolute atomic E-state index is 0.129. The Labute approximate surface area is 108 Å². The van der Waals surface area contributed by atoms with E-state index in [1.807, 2.05) is 0 Å². The van der Waals surface area contributed by atoms with E-state index in [1.54, 1.807) is 24.3 Å². The second-order valence-corrected chi connectivity index (χ2v) is 3.93. The zero-order chi connectivity index (χ0) is 14.0. The molecule has 0 bridgehead atoms. The number of hydrogen-bond acceptors (Lipinski definition) is 3. The lowest BCUT2D eigenvalue weighted by Crippen LogP contribution is -2.15. The van der Waals surface area contributed by atoms with Crippen LogP contribution in [0.25, 0.3) is 0 Å². The van der Waals surface area contributed by atoms with Gasteiger partial charge in [0.05, 0.1) is 5.56 Å². The normalized spacial score (nSPS) is 10.2. The van der Waals surface area contributed by atoms with Crippen LogP contribution in [0.3, 0.4) is 0 Å². The lowest BCUT2D eigenvalue weighted by molar-refractivity contribution is 0.102. The van der Waals surface area contributed by atoms with Crippen LogP contribution >= 0.6 is 0 Å². The molecule has 2 aromatic carbocycles. The smallest absolute Gasteiger partial charge is 0.257 e. The van der Waals surface area contributed by atoms with E-state index in [4.69, 9.17) is 11.5 Å². The van der Waals surface area contributed by atoms with Crippen molar-refractivity contribution < 1.29 is 13.6 Å². The van der Waals surface area contributed by atoms with Crippen molar-refractivity contribution in [2.75, 3.05) is 16.8 Å². The molecule has 0 saturated carbocycles. The van der Waals surface area contributed by atoms with Gasteiger partial charge in [0.2, 0.25) is 0 Å². The molecule has 0 fully saturated rings. The van der Waals surface area contributed by atoms with E-state index in [0.29, 0.717) is 11.4 Å². The molecule has 0 aliphatic heterocycles. The van der Waals surface area contributed by atoms with Gasteiger partial charge in [-0.15, -0.1) is 0 Å². The van der Waals surface area contributed by atoms with Crippen molar-refractivity contribution in [2.45, 2.75) is 0 Å². The predicted octanol–water partition coefficient (Wildman–Crippen LogP) is 2.38. The number of nitrogens with one attached hydrogen (secondary N) is 1. The number of anilines is 3. The van der Waals surface area contributed by atoms with E-state index in [2.05, 4.69) is 5.32 Å². The standard InChI is InChI=1S/C13H11F2N3O/c14-10-5-9(12(17)6-11(10)15)13(19)18-8-3-1-7(16)2-4-8/h1-6H,16-17H2,(H,18,19). The van der Waals surface area contributed by atoms with E-state index in [1.165, 1.54) is 0 Å². The number of rotatable bonds is 2. The van der Waals surface area contributed by atoms with Gasteiger partial charge in [-0.3, -0.25) is 4.79 Å². The van der Waals surface area contributed by atoms with E-state index in [9.17, 15) is 13.6 Å². The molecule has 2 rings (SSSR count). The third-order valence-corrected chi connectivity index (χ3v) is 2.51. The minimum atomic E-state index is -1.13. The average Bonchev–Trinajstić information content (AvgIpc) is 2.36. The molecule has 2 aromatic rings. The Morgan fingerprint density at radius 1 is 1.00 bits per heavy atom. The van der Waals surface area contributed by atoms with Gasteiger partial charge in [0.15, 0.2) is 11.6 Å². The Hall–Kier alpha value is -2.63. The van der Waals surface area contributed by atoms with Gasteiger partial charge in [-0.1, -0.05) is 0 Å². The Balaban J connectivity index is 2.25. The Morgan fingerprint density at radius 3 is 2.21 bits per heavy atom. The van der Waals surface area contributed by atoms with Crippen LogP contribution in [0, 0.1) is 11.6 Å². The maximum absolute atomic E-state index is 13.1. The molecule has 0 aliphatic rings. The zero-order valence-corrected chi connectivity index (χ0v) is 9.78. The molecule has 5 N–H and O–H groups in total. The summed E-state index contributed by atoms with van der Waals surface area (Å²) in [4.78, 5) is 11.9. The molecule has 1 amide bonds. The monoisotopic (exact) mass is 263 g/mol. The number of amides is 1. The molecule has 19 heavy (non-hydrogen) atoms. The van der Waals surface area contributed by atoms with Crippen LogP contribution in [-0.4, -0.2) is 5.91 Å². The highest BCUT2D eigenvalue weighted by molar-refractivity contribution is 6.07. The number of carbonyl (C=O) groups excluding carboxylic acids is 1. The van der Waals surface area contributed by atoms with Gasteiger partial charge in [-0.25, -0.2) is 8.78 Å². The fourth-order valence-corrected chi connectivity index (χ4v) is 1.52. The summed E-state index contributed by atoms with van der Waals surface area (Å²) in [5.41, 5.74) is 11.7. The van der Waals surface area contributed by atoms with Gasteiger partial charge < -0.3 is 16.8 Å². The van der Waals surface area contributed by atoms with Gasteiger partial charge in [0.25, 0.3) is 5.91 Å². The summed E-state index contributed by atoms with van der Waals surface area (Å²) < 4.78 is 26.0. The van der Waals surface area contributed by atoms with Crippen molar-refractivity contribution in [1.29, 1.82) is 0 Å². The van der Waals surface area contributed by atoms with E-state index < -0.39 is 17.5 Å². The van der Waals surface area contributed by atoms with Crippen LogP contribution in [0.1, 0.15) is 10.4 Å². The highest BCUT2D eigenvalue weighted by Crippen LogP contribution is 2.19. The topological polar surface area (TPSA) is 81.1 Å². The Kier molecular flexibility index (Phi) is 3.33. The summed E-state index contributed by atoms with van der Waals surface area (Å²) in [6, 6.07) is 7.91. The van der Waals surface area contributed by atoms with Crippen LogP contribution in [0.4, 0.5) is 25.8 Å². The molecule has 0 aliphatic carbocycles. The number of hydrogen-bond donors (Lipinski definition) is 3. The highest BCUT2D eigenvalue weighted by Gasteiger charge is 2.14. The first-order valence-corrected chi connectivity index (χ1v) is 5.39. The van der Waals surface area contributed by atoms with Crippen LogP contribution in [-0.2, 0) is 0 Å². The lowest BCUT2D eigenvalue weighted by Gasteiger charge is -2.08. The number of carbonyl (C=O) groups is 1. The third kappa shape index (κ3) is 2.79. The Bertz CT molecular complexity index is 627. The summed E-state index contributed by atoms with van der Waals surface area (Å²) in [5, 5.41) is 2.51. The molecule has 0 radical (unpaired) electrons. The van der Waals surface area contributed by atoms with E-state index in [-0.39, 0.29) is 11.3 Å². The molecule has 98 valence electrons. The minimum Gasteiger partial charge on any atom is -0.399 e. The van der Waals surface area contributed by atoms with Crippen LogP contribution in [0.2, 0.25) is 0 Å². The number of benzene rings is 2. The Morgan fingerprint density at radius 2 is 1.58 bits per heavy atom. The van der Waals surface area contributed by atoms with Gasteiger partial charge in [0.1, 0.15) is 0 Å². The van der Waals surface area contributed by atoms with Crippen molar-refractivity contribution in [1.82, 2.24) is 0 Å². The van der Waals surface area contributed by atoms with Crippen molar-refractivity contribution in [3.8, 4) is 0 Å². The van der Waals surface area contributed by atoms with Gasteiger partial charge in [0, 0.05) is 23.1 Å². The predicted molar refractivity (Wildman–Crippen MR) is 69.6 cm³/mol. The van der Waals surface area contributed by atoms with Crippen molar-refractivity contribution >= 4 is 23.0 Å². The first-order valence-electron chi connectivity index (χ1n) is 5.39. The number of nitrogens with two attached hydrogens (primary N) is 2. The molecule has 0 atom stereocenters. The lowest BCUT2D eigenvalue weighted by atomic mass is 10.1. The van der Waals surface area contributed by atoms with E-state index in [0.717, 1.165) is 12.1 Å². The molecule has 0 unspecified atom stereocenters. The average molecular weight is 263 g/mol. The quantitative estimate of drug-likeness (QED) is 0.727. The van der Waals surface area contributed by atoms with Gasteiger partial charge in [-0.05, 0) is 30.3 Å². The maximum atomic E-state index is 13.1. The summed E-state index contributed by atoms with van der Waals surface area (Å²) in [6.07, 6.45) is 0. The summed E-state index contributed by atoms with van der Waals surface area (Å²) in [7, 11) is 0. The molecule has 0 spiro atoms. The zero-order valence-electron chi connectivity index (χ0n) is 9.78. The summed E-state index contributed by atoms with van der Waals surface area (Å²) in [5.74, 6) is -2.85. The molecule has 0 aromatic heterocycles. The van der Waals surface area contributed by atoms with Crippen LogP contribution in [0.15, 0.2) is 36.4 Å². The second-order valence-electron chi connectivity index (χ2n) is 3.93. The maximum Gasteiger partial charge on any atom is 0.257 e. The van der Waals surface area contributed by atoms with Crippen LogP contribution in [0.5, 0.6) is 0 Å². The van der Waals surface area contributed by atoms with Crippen molar-refractivity contribution in [2.24, 2.45) is 0 Å². The number of halogens is 2. The van der Waals surface area contributed by atoms with Gasteiger partial charge >= 0.3 is 0 Å². The van der Waals surface area contributed by atoms with Gasteiger partial charge in [-0.2, -0.15) is 0 Å². The number of nitrogen functional groups attached to an aromatic ring is 2. The second kappa shape index (κ2) is 4.93. The van der Waals surface area contributed by atoms with Crippen molar-refractivity contribution in [3.05, 3.63) is 53.6 Å². The van der Waals surface area contributed by atoms with E-state index >= 15 is 0 Å². The van der Waals surface area contributed by atoms with Crippen molar-refractivity contribution in [3.63, 3.8) is 0 Å². The summed E-state index contributed by atoms with van der Waals surface area (Å²) >= 11 is 0. The third-order valence-electron chi connectivity index (χ3n) is 2.51. The molecule has 4 nitrogen and oxygen atoms in total. The highest BCUT2D eigenvalue weighted by atomic mass is 19.2. The molecule has 0 saturated heterocycles. The SMILES string of the molecule is Nc1ccc(NC(=O)c2cc(F)c(F)cc2N)cc1. The molecular weight excluding hydrogens is 252 g/mol. The van der Waals surface area contributed by atoms with Crippen LogP contribution < -0.4 is 16.8 Å². The molecule has 0 heterocycles. The largest absolute Gasteiger partial charge is 0.399 e. The fraction of sp³-hybridized carbons (Fsp3) is 0.